The zero-order valence-corrected chi connectivity index (χ0v) is 11.7. The molecule has 1 aliphatic heterocycles. The highest BCUT2D eigenvalue weighted by atomic mass is 15.1. The van der Waals surface area contributed by atoms with Gasteiger partial charge in [0, 0.05) is 18.5 Å². The van der Waals surface area contributed by atoms with Crippen LogP contribution in [0.15, 0.2) is 18.2 Å². The number of rotatable bonds is 2. The third kappa shape index (κ3) is 1.71. The summed E-state index contributed by atoms with van der Waals surface area (Å²) in [5, 5.41) is 3.64. The van der Waals surface area contributed by atoms with E-state index in [2.05, 4.69) is 42.1 Å². The summed E-state index contributed by atoms with van der Waals surface area (Å²) in [6.07, 6.45) is 5.11. The third-order valence-electron chi connectivity index (χ3n) is 4.86. The minimum atomic E-state index is 0.144. The van der Waals surface area contributed by atoms with Crippen LogP contribution in [0, 0.1) is 0 Å². The van der Waals surface area contributed by atoms with E-state index in [-0.39, 0.29) is 5.54 Å². The van der Waals surface area contributed by atoms with Gasteiger partial charge >= 0.3 is 0 Å². The van der Waals surface area contributed by atoms with Gasteiger partial charge in [-0.2, -0.15) is 0 Å². The molecule has 1 saturated heterocycles. The van der Waals surface area contributed by atoms with Crippen molar-refractivity contribution in [3.8, 4) is 0 Å². The highest BCUT2D eigenvalue weighted by Crippen LogP contribution is 2.40. The van der Waals surface area contributed by atoms with Gasteiger partial charge in [0.15, 0.2) is 0 Å². The maximum absolute atomic E-state index is 4.87. The van der Waals surface area contributed by atoms with Crippen LogP contribution in [-0.4, -0.2) is 16.1 Å². The first-order valence-corrected chi connectivity index (χ1v) is 7.39. The Labute approximate surface area is 114 Å². The molecule has 1 aromatic heterocycles. The summed E-state index contributed by atoms with van der Waals surface area (Å²) < 4.78 is 2.28. The van der Waals surface area contributed by atoms with E-state index in [1.165, 1.54) is 42.6 Å². The van der Waals surface area contributed by atoms with Crippen molar-refractivity contribution in [1.82, 2.24) is 14.9 Å². The molecule has 1 unspecified atom stereocenters. The lowest BCUT2D eigenvalue weighted by Crippen LogP contribution is -2.32. The molecule has 1 saturated carbocycles. The fraction of sp³-hybridized carbons (Fsp3) is 0.562. The first-order chi connectivity index (χ1) is 9.17. The van der Waals surface area contributed by atoms with Crippen LogP contribution in [-0.2, 0) is 12.6 Å². The first-order valence-electron chi connectivity index (χ1n) is 7.39. The molecule has 2 aliphatic rings. The zero-order valence-electron chi connectivity index (χ0n) is 11.7. The van der Waals surface area contributed by atoms with E-state index >= 15 is 0 Å². The Bertz CT molecular complexity index is 631. The van der Waals surface area contributed by atoms with Gasteiger partial charge in [0.25, 0.3) is 0 Å². The largest absolute Gasteiger partial charge is 0.331 e. The molecule has 1 aromatic carbocycles. The molecule has 2 aromatic rings. The van der Waals surface area contributed by atoms with Crippen LogP contribution in [0.1, 0.15) is 49.9 Å². The van der Waals surface area contributed by atoms with Gasteiger partial charge in [-0.25, -0.2) is 4.98 Å². The quantitative estimate of drug-likeness (QED) is 0.894. The smallest absolute Gasteiger partial charge is 0.112 e. The van der Waals surface area contributed by atoms with Crippen LogP contribution in [0.25, 0.3) is 11.0 Å². The maximum atomic E-state index is 4.87. The van der Waals surface area contributed by atoms with E-state index in [9.17, 15) is 0 Å². The van der Waals surface area contributed by atoms with Crippen LogP contribution in [0.2, 0.25) is 0 Å². The van der Waals surface area contributed by atoms with Crippen molar-refractivity contribution in [1.29, 1.82) is 0 Å². The van der Waals surface area contributed by atoms with Crippen molar-refractivity contribution in [2.24, 2.45) is 7.05 Å². The summed E-state index contributed by atoms with van der Waals surface area (Å²) in [6, 6.07) is 6.81. The second-order valence-corrected chi connectivity index (χ2v) is 6.37. The number of fused-ring (bicyclic) bond motifs is 1. The molecular formula is C16H21N3. The number of aromatic nitrogens is 2. The van der Waals surface area contributed by atoms with Crippen molar-refractivity contribution in [3.05, 3.63) is 29.6 Å². The van der Waals surface area contributed by atoms with E-state index in [0.717, 1.165) is 12.1 Å². The lowest BCUT2D eigenvalue weighted by molar-refractivity contribution is 0.435. The lowest BCUT2D eigenvalue weighted by Gasteiger charge is -2.24. The molecule has 0 bridgehead atoms. The SMILES string of the molecule is Cn1c(C2CC2)nc2cc(C3(C)CCCN3)ccc21. The number of hydrogen-bond donors (Lipinski definition) is 1. The van der Waals surface area contributed by atoms with Crippen molar-refractivity contribution in [3.63, 3.8) is 0 Å². The van der Waals surface area contributed by atoms with E-state index < -0.39 is 0 Å². The molecule has 1 N–H and O–H groups in total. The fourth-order valence-corrected chi connectivity index (χ4v) is 3.41. The number of imidazole rings is 1. The van der Waals surface area contributed by atoms with Crippen molar-refractivity contribution >= 4 is 11.0 Å². The number of nitrogens with one attached hydrogen (secondary N) is 1. The number of nitrogens with zero attached hydrogens (tertiary/aromatic N) is 2. The molecular weight excluding hydrogens is 234 g/mol. The number of benzene rings is 1. The molecule has 1 aliphatic carbocycles. The maximum Gasteiger partial charge on any atom is 0.112 e. The van der Waals surface area contributed by atoms with E-state index in [4.69, 9.17) is 4.98 Å². The van der Waals surface area contributed by atoms with Gasteiger partial charge in [-0.3, -0.25) is 0 Å². The molecule has 2 heterocycles. The van der Waals surface area contributed by atoms with Crippen LogP contribution < -0.4 is 5.32 Å². The van der Waals surface area contributed by atoms with Crippen LogP contribution in [0.3, 0.4) is 0 Å². The van der Waals surface area contributed by atoms with Crippen LogP contribution >= 0.6 is 0 Å². The van der Waals surface area contributed by atoms with Crippen LogP contribution in [0.5, 0.6) is 0 Å². The van der Waals surface area contributed by atoms with Gasteiger partial charge in [0.05, 0.1) is 11.0 Å². The summed E-state index contributed by atoms with van der Waals surface area (Å²) in [5.41, 5.74) is 3.97. The molecule has 4 rings (SSSR count). The first kappa shape index (κ1) is 11.5. The highest BCUT2D eigenvalue weighted by molar-refractivity contribution is 5.77. The van der Waals surface area contributed by atoms with Gasteiger partial charge in [-0.15, -0.1) is 0 Å². The summed E-state index contributed by atoms with van der Waals surface area (Å²) in [4.78, 5) is 4.87. The van der Waals surface area contributed by atoms with Gasteiger partial charge < -0.3 is 9.88 Å². The average molecular weight is 255 g/mol. The summed E-state index contributed by atoms with van der Waals surface area (Å²) >= 11 is 0. The molecule has 100 valence electrons. The van der Waals surface area contributed by atoms with Gasteiger partial charge in [0.1, 0.15) is 5.82 Å². The Morgan fingerprint density at radius 1 is 1.37 bits per heavy atom. The summed E-state index contributed by atoms with van der Waals surface area (Å²) in [5.74, 6) is 1.98. The third-order valence-corrected chi connectivity index (χ3v) is 4.86. The minimum Gasteiger partial charge on any atom is -0.331 e. The standard InChI is InChI=1S/C16H21N3/c1-16(8-3-9-17-16)12-6-7-14-13(10-12)18-15(19(14)2)11-4-5-11/h6-7,10-11,17H,3-5,8-9H2,1-2H3. The van der Waals surface area contributed by atoms with Crippen molar-refractivity contribution in [2.75, 3.05) is 6.54 Å². The average Bonchev–Trinajstić information content (AvgIpc) is 3.08. The van der Waals surface area contributed by atoms with Crippen molar-refractivity contribution in [2.45, 2.75) is 44.1 Å². The Kier molecular flexibility index (Phi) is 2.31. The lowest BCUT2D eigenvalue weighted by atomic mass is 9.90. The highest BCUT2D eigenvalue weighted by Gasteiger charge is 2.31. The molecule has 1 atom stereocenters. The second-order valence-electron chi connectivity index (χ2n) is 6.37. The minimum absolute atomic E-state index is 0.144. The molecule has 3 heteroatoms. The monoisotopic (exact) mass is 255 g/mol. The molecule has 0 radical (unpaired) electrons. The fourth-order valence-electron chi connectivity index (χ4n) is 3.41. The molecule has 3 nitrogen and oxygen atoms in total. The van der Waals surface area contributed by atoms with E-state index in [0.29, 0.717) is 5.92 Å². The van der Waals surface area contributed by atoms with E-state index in [1.54, 1.807) is 0 Å². The summed E-state index contributed by atoms with van der Waals surface area (Å²) in [6.45, 7) is 3.44. The Morgan fingerprint density at radius 2 is 2.21 bits per heavy atom. The number of hydrogen-bond acceptors (Lipinski definition) is 2. The summed E-state index contributed by atoms with van der Waals surface area (Å²) in [7, 11) is 2.15. The Hall–Kier alpha value is -1.35. The number of aryl methyl sites for hydroxylation is 1. The molecule has 2 fully saturated rings. The topological polar surface area (TPSA) is 29.9 Å². The van der Waals surface area contributed by atoms with Gasteiger partial charge in [-0.1, -0.05) is 6.07 Å². The molecule has 19 heavy (non-hydrogen) atoms. The van der Waals surface area contributed by atoms with Gasteiger partial charge in [-0.05, 0) is 56.8 Å². The Morgan fingerprint density at radius 3 is 2.89 bits per heavy atom. The van der Waals surface area contributed by atoms with Gasteiger partial charge in [0.2, 0.25) is 0 Å². The molecule has 0 spiro atoms. The zero-order chi connectivity index (χ0) is 13.0. The Balaban J connectivity index is 1.82. The van der Waals surface area contributed by atoms with E-state index in [1.807, 2.05) is 0 Å². The molecule has 0 amide bonds. The normalized spacial score (nSPS) is 27.3. The van der Waals surface area contributed by atoms with Crippen LogP contribution in [0.4, 0.5) is 0 Å². The second kappa shape index (κ2) is 3.83. The van der Waals surface area contributed by atoms with Crippen molar-refractivity contribution < 1.29 is 0 Å². The predicted octanol–water partition coefficient (Wildman–Crippen LogP) is 3.05. The predicted molar refractivity (Wildman–Crippen MR) is 77.3 cm³/mol.